The van der Waals surface area contributed by atoms with E-state index in [2.05, 4.69) is 5.32 Å². The molecule has 2 aromatic carbocycles. The first-order valence-corrected chi connectivity index (χ1v) is 9.02. The Kier molecular flexibility index (Phi) is 5.42. The first kappa shape index (κ1) is 19.9. The topological polar surface area (TPSA) is 32.3 Å². The monoisotopic (exact) mass is 408 g/mol. The van der Waals surface area contributed by atoms with Gasteiger partial charge in [0, 0.05) is 24.7 Å². The van der Waals surface area contributed by atoms with Crippen molar-refractivity contribution in [2.45, 2.75) is 6.18 Å². The fourth-order valence-corrected chi connectivity index (χ4v) is 3.47. The number of rotatable bonds is 4. The van der Waals surface area contributed by atoms with Crippen LogP contribution in [0.5, 0.6) is 0 Å². The van der Waals surface area contributed by atoms with E-state index in [1.165, 1.54) is 30.3 Å². The third-order valence-corrected chi connectivity index (χ3v) is 5.16. The molecule has 1 amide bonds. The highest BCUT2D eigenvalue weighted by atomic mass is 32.1. The van der Waals surface area contributed by atoms with E-state index in [0.717, 1.165) is 23.0 Å². The maximum absolute atomic E-state index is 13.4. The molecule has 0 saturated heterocycles. The summed E-state index contributed by atoms with van der Waals surface area (Å²) in [5.41, 5.74) is -0.126. The quantitative estimate of drug-likeness (QED) is 0.546. The molecule has 8 heteroatoms. The number of alkyl halides is 3. The van der Waals surface area contributed by atoms with Crippen LogP contribution in [0.4, 0.5) is 28.9 Å². The molecule has 0 atom stereocenters. The third-order valence-electron chi connectivity index (χ3n) is 4.03. The molecule has 0 spiro atoms. The fraction of sp³-hybridized carbons (Fsp3) is 0.150. The van der Waals surface area contributed by atoms with Crippen LogP contribution < -0.4 is 10.2 Å². The number of halogens is 4. The smallest absolute Gasteiger partial charge is 0.378 e. The number of carbonyl (C=O) groups is 1. The molecule has 3 nitrogen and oxygen atoms in total. The lowest BCUT2D eigenvalue weighted by Gasteiger charge is -2.18. The fourth-order valence-electron chi connectivity index (χ4n) is 2.57. The van der Waals surface area contributed by atoms with Gasteiger partial charge < -0.3 is 10.2 Å². The zero-order chi connectivity index (χ0) is 20.5. The van der Waals surface area contributed by atoms with Gasteiger partial charge in [-0.3, -0.25) is 4.79 Å². The van der Waals surface area contributed by atoms with Crippen molar-refractivity contribution in [1.29, 1.82) is 0 Å². The van der Waals surface area contributed by atoms with Crippen molar-refractivity contribution in [2.24, 2.45) is 0 Å². The highest BCUT2D eigenvalue weighted by Crippen LogP contribution is 2.37. The Balaban J connectivity index is 1.86. The summed E-state index contributed by atoms with van der Waals surface area (Å²) in [5, 5.41) is 2.35. The van der Waals surface area contributed by atoms with Crippen molar-refractivity contribution in [3.05, 3.63) is 70.9 Å². The van der Waals surface area contributed by atoms with Crippen molar-refractivity contribution in [2.75, 3.05) is 24.3 Å². The molecule has 0 radical (unpaired) electrons. The van der Waals surface area contributed by atoms with Gasteiger partial charge in [-0.1, -0.05) is 12.1 Å². The van der Waals surface area contributed by atoms with Crippen LogP contribution in [-0.4, -0.2) is 20.0 Å². The summed E-state index contributed by atoms with van der Waals surface area (Å²) in [4.78, 5) is 15.0. The summed E-state index contributed by atoms with van der Waals surface area (Å²) in [7, 11) is 3.27. The van der Waals surface area contributed by atoms with Crippen LogP contribution in [-0.2, 0) is 6.18 Å². The number of hydrogen-bond donors (Lipinski definition) is 1. The van der Waals surface area contributed by atoms with Gasteiger partial charge in [0.15, 0.2) is 0 Å². The minimum atomic E-state index is -4.61. The van der Waals surface area contributed by atoms with Gasteiger partial charge in [-0.05, 0) is 48.0 Å². The summed E-state index contributed by atoms with van der Waals surface area (Å²) < 4.78 is 53.2. The van der Waals surface area contributed by atoms with E-state index in [1.54, 1.807) is 37.2 Å². The Morgan fingerprint density at radius 3 is 2.29 bits per heavy atom. The number of nitrogens with zero attached hydrogens (tertiary/aromatic N) is 1. The van der Waals surface area contributed by atoms with Gasteiger partial charge >= 0.3 is 6.18 Å². The maximum Gasteiger partial charge on any atom is 0.418 e. The molecule has 0 bridgehead atoms. The van der Waals surface area contributed by atoms with Gasteiger partial charge in [0.2, 0.25) is 0 Å². The number of thiophene rings is 1. The number of benzene rings is 2. The second kappa shape index (κ2) is 7.63. The average Bonchev–Trinajstić information content (AvgIpc) is 3.12. The maximum atomic E-state index is 13.4. The van der Waals surface area contributed by atoms with Crippen LogP contribution in [0.3, 0.4) is 0 Å². The highest BCUT2D eigenvalue weighted by molar-refractivity contribution is 7.17. The third kappa shape index (κ3) is 4.33. The van der Waals surface area contributed by atoms with E-state index in [0.29, 0.717) is 10.6 Å². The standard InChI is InChI=1S/C20H16F4N2OS/c1-26(2)14-7-8-16(15(11-14)20(22,23)24)25-19(27)18-10-9-17(28-18)12-3-5-13(21)6-4-12/h3-11H,1-2H3,(H,25,27). The molecule has 0 aliphatic carbocycles. The molecule has 0 fully saturated rings. The Morgan fingerprint density at radius 1 is 1.00 bits per heavy atom. The lowest BCUT2D eigenvalue weighted by Crippen LogP contribution is -2.17. The summed E-state index contributed by atoms with van der Waals surface area (Å²) in [5.74, 6) is -1.01. The molecule has 28 heavy (non-hydrogen) atoms. The largest absolute Gasteiger partial charge is 0.418 e. The van der Waals surface area contributed by atoms with Crippen LogP contribution in [0, 0.1) is 5.82 Å². The zero-order valence-electron chi connectivity index (χ0n) is 15.0. The summed E-state index contributed by atoms with van der Waals surface area (Å²) in [6.45, 7) is 0. The summed E-state index contributed by atoms with van der Waals surface area (Å²) >= 11 is 1.12. The van der Waals surface area contributed by atoms with Crippen molar-refractivity contribution in [3.63, 3.8) is 0 Å². The van der Waals surface area contributed by atoms with Gasteiger partial charge in [0.25, 0.3) is 5.91 Å². The van der Waals surface area contributed by atoms with Gasteiger partial charge in [-0.2, -0.15) is 13.2 Å². The van der Waals surface area contributed by atoms with Crippen LogP contribution >= 0.6 is 11.3 Å². The Bertz CT molecular complexity index is 994. The van der Waals surface area contributed by atoms with Crippen molar-refractivity contribution >= 4 is 28.6 Å². The second-order valence-corrected chi connectivity index (χ2v) is 7.33. The molecular formula is C20H16F4N2OS. The van der Waals surface area contributed by atoms with Gasteiger partial charge in [0.1, 0.15) is 5.82 Å². The van der Waals surface area contributed by atoms with Gasteiger partial charge in [-0.15, -0.1) is 11.3 Å². The van der Waals surface area contributed by atoms with Crippen LogP contribution in [0.25, 0.3) is 10.4 Å². The molecule has 1 aromatic heterocycles. The Hall–Kier alpha value is -2.87. The molecule has 0 unspecified atom stereocenters. The normalized spacial score (nSPS) is 11.4. The summed E-state index contributed by atoms with van der Waals surface area (Å²) in [6, 6.07) is 12.7. The van der Waals surface area contributed by atoms with E-state index in [1.807, 2.05) is 0 Å². The minimum Gasteiger partial charge on any atom is -0.378 e. The van der Waals surface area contributed by atoms with Crippen molar-refractivity contribution in [1.82, 2.24) is 0 Å². The molecule has 1 N–H and O–H groups in total. The van der Waals surface area contributed by atoms with E-state index < -0.39 is 17.6 Å². The summed E-state index contributed by atoms with van der Waals surface area (Å²) in [6.07, 6.45) is -4.61. The molecular weight excluding hydrogens is 392 g/mol. The molecule has 1 heterocycles. The molecule has 0 aliphatic heterocycles. The Labute approximate surface area is 163 Å². The van der Waals surface area contributed by atoms with Crippen LogP contribution in [0.1, 0.15) is 15.2 Å². The molecule has 0 aliphatic rings. The number of amides is 1. The first-order valence-electron chi connectivity index (χ1n) is 8.21. The zero-order valence-corrected chi connectivity index (χ0v) is 15.8. The van der Waals surface area contributed by atoms with E-state index in [4.69, 9.17) is 0 Å². The predicted molar refractivity (Wildman–Crippen MR) is 103 cm³/mol. The molecule has 3 rings (SSSR count). The predicted octanol–water partition coefficient (Wildman–Crippen LogP) is 5.89. The van der Waals surface area contributed by atoms with E-state index in [-0.39, 0.29) is 16.4 Å². The van der Waals surface area contributed by atoms with Crippen LogP contribution in [0.2, 0.25) is 0 Å². The Morgan fingerprint density at radius 2 is 1.68 bits per heavy atom. The number of nitrogens with one attached hydrogen (secondary N) is 1. The lowest BCUT2D eigenvalue weighted by molar-refractivity contribution is -0.136. The van der Waals surface area contributed by atoms with Gasteiger partial charge in [-0.25, -0.2) is 4.39 Å². The molecule has 3 aromatic rings. The number of hydrogen-bond acceptors (Lipinski definition) is 3. The lowest BCUT2D eigenvalue weighted by atomic mass is 10.1. The molecule has 0 saturated carbocycles. The second-order valence-electron chi connectivity index (χ2n) is 6.25. The number of anilines is 2. The minimum absolute atomic E-state index is 0.254. The SMILES string of the molecule is CN(C)c1ccc(NC(=O)c2ccc(-c3ccc(F)cc3)s2)c(C(F)(F)F)c1. The van der Waals surface area contributed by atoms with Crippen molar-refractivity contribution < 1.29 is 22.4 Å². The highest BCUT2D eigenvalue weighted by Gasteiger charge is 2.34. The van der Waals surface area contributed by atoms with Crippen LogP contribution in [0.15, 0.2) is 54.6 Å². The van der Waals surface area contributed by atoms with E-state index >= 15 is 0 Å². The van der Waals surface area contributed by atoms with E-state index in [9.17, 15) is 22.4 Å². The average molecular weight is 408 g/mol. The molecule has 146 valence electrons. The number of carbonyl (C=O) groups excluding carboxylic acids is 1. The first-order chi connectivity index (χ1) is 13.1. The van der Waals surface area contributed by atoms with Gasteiger partial charge in [0.05, 0.1) is 16.1 Å². The van der Waals surface area contributed by atoms with Crippen molar-refractivity contribution in [3.8, 4) is 10.4 Å².